The van der Waals surface area contributed by atoms with Gasteiger partial charge in [-0.15, -0.1) is 0 Å². The first-order valence-corrected chi connectivity index (χ1v) is 12.8. The second kappa shape index (κ2) is 10.5. The van der Waals surface area contributed by atoms with Crippen molar-refractivity contribution >= 4 is 34.2 Å². The minimum Gasteiger partial charge on any atom is -0.324 e. The lowest BCUT2D eigenvalue weighted by atomic mass is 9.83. The molecule has 1 aromatic heterocycles. The fourth-order valence-corrected chi connectivity index (χ4v) is 5.41. The molecular formula is C29H24ClF3N4O. The fraction of sp³-hybridized carbons (Fsp3) is 0.276. The maximum atomic E-state index is 14.0. The van der Waals surface area contributed by atoms with E-state index in [0.717, 1.165) is 55.3 Å². The Bertz CT molecular complexity index is 1520. The summed E-state index contributed by atoms with van der Waals surface area (Å²) in [5.74, 6) is -0.102. The molecule has 1 aliphatic rings. The first kappa shape index (κ1) is 25.8. The number of nitrogens with zero attached hydrogens (tertiary/aromatic N) is 3. The standard InChI is InChI=1S/C29H24ClF3N4O/c30-21-13-11-20(12-14-21)27-35-24-8-4-5-9-25(24)37(27)26(19-6-2-1-3-7-19)28(38)36-23-15-10-18(17-34)16-22(23)29(31,32)33/h4-5,8-16,19,26H,1-3,6-7H2,(H,36,38). The minimum absolute atomic E-state index is 0.0971. The molecule has 1 saturated carbocycles. The summed E-state index contributed by atoms with van der Waals surface area (Å²) in [5.41, 5.74) is 0.582. The zero-order valence-corrected chi connectivity index (χ0v) is 21.1. The van der Waals surface area contributed by atoms with Gasteiger partial charge >= 0.3 is 6.18 Å². The molecular weight excluding hydrogens is 513 g/mol. The Labute approximate surface area is 222 Å². The van der Waals surface area contributed by atoms with Crippen molar-refractivity contribution in [2.24, 2.45) is 5.92 Å². The predicted octanol–water partition coefficient (Wildman–Crippen LogP) is 8.01. The van der Waals surface area contributed by atoms with Crippen LogP contribution in [-0.4, -0.2) is 15.5 Å². The van der Waals surface area contributed by atoms with Crippen molar-refractivity contribution in [2.45, 2.75) is 44.3 Å². The third kappa shape index (κ3) is 5.11. The van der Waals surface area contributed by atoms with E-state index in [1.165, 1.54) is 6.07 Å². The summed E-state index contributed by atoms with van der Waals surface area (Å²) in [7, 11) is 0. The van der Waals surface area contributed by atoms with Crippen molar-refractivity contribution in [3.05, 3.63) is 82.9 Å². The van der Waals surface area contributed by atoms with E-state index in [9.17, 15) is 18.0 Å². The Morgan fingerprint density at radius 3 is 2.45 bits per heavy atom. The van der Waals surface area contributed by atoms with E-state index in [1.54, 1.807) is 18.2 Å². The fourth-order valence-electron chi connectivity index (χ4n) is 5.28. The molecule has 1 atom stereocenters. The number of hydrogen-bond donors (Lipinski definition) is 1. The number of imidazole rings is 1. The van der Waals surface area contributed by atoms with Crippen molar-refractivity contribution in [3.8, 4) is 17.5 Å². The summed E-state index contributed by atoms with van der Waals surface area (Å²) in [4.78, 5) is 18.8. The van der Waals surface area contributed by atoms with Crippen molar-refractivity contribution in [1.82, 2.24) is 9.55 Å². The van der Waals surface area contributed by atoms with Crippen LogP contribution >= 0.6 is 11.6 Å². The largest absolute Gasteiger partial charge is 0.418 e. The van der Waals surface area contributed by atoms with Crippen LogP contribution in [0.25, 0.3) is 22.4 Å². The molecule has 3 aromatic carbocycles. The quantitative estimate of drug-likeness (QED) is 0.281. The summed E-state index contributed by atoms with van der Waals surface area (Å²) >= 11 is 6.11. The number of rotatable bonds is 5. The number of alkyl halides is 3. The minimum atomic E-state index is -4.74. The van der Waals surface area contributed by atoms with Crippen LogP contribution in [0.1, 0.15) is 49.3 Å². The van der Waals surface area contributed by atoms with Crippen molar-refractivity contribution in [1.29, 1.82) is 5.26 Å². The predicted molar refractivity (Wildman–Crippen MR) is 141 cm³/mol. The molecule has 0 bridgehead atoms. The van der Waals surface area contributed by atoms with Gasteiger partial charge in [0.2, 0.25) is 5.91 Å². The van der Waals surface area contributed by atoms with E-state index in [1.807, 2.05) is 41.0 Å². The molecule has 1 N–H and O–H groups in total. The van der Waals surface area contributed by atoms with E-state index >= 15 is 0 Å². The highest BCUT2D eigenvalue weighted by atomic mass is 35.5. The topological polar surface area (TPSA) is 70.7 Å². The van der Waals surface area contributed by atoms with Gasteiger partial charge in [-0.05, 0) is 73.4 Å². The molecule has 5 nitrogen and oxygen atoms in total. The third-order valence-corrected chi connectivity index (χ3v) is 7.31. The smallest absolute Gasteiger partial charge is 0.324 e. The van der Waals surface area contributed by atoms with Crippen molar-refractivity contribution < 1.29 is 18.0 Å². The van der Waals surface area contributed by atoms with Gasteiger partial charge in [-0.1, -0.05) is 43.0 Å². The highest BCUT2D eigenvalue weighted by Gasteiger charge is 2.38. The van der Waals surface area contributed by atoms with E-state index < -0.39 is 23.7 Å². The number of para-hydroxylation sites is 2. The number of carbonyl (C=O) groups excluding carboxylic acids is 1. The lowest BCUT2D eigenvalue weighted by Gasteiger charge is -2.32. The van der Waals surface area contributed by atoms with Crippen molar-refractivity contribution in [2.75, 3.05) is 5.32 Å². The molecule has 1 fully saturated rings. The second-order valence-electron chi connectivity index (χ2n) is 9.50. The number of nitriles is 1. The van der Waals surface area contributed by atoms with Crippen LogP contribution in [0.5, 0.6) is 0 Å². The van der Waals surface area contributed by atoms with Crippen molar-refractivity contribution in [3.63, 3.8) is 0 Å². The maximum absolute atomic E-state index is 14.0. The summed E-state index contributed by atoms with van der Waals surface area (Å²) in [5, 5.41) is 12.2. The normalized spacial score (nSPS) is 15.2. The van der Waals surface area contributed by atoms with Gasteiger partial charge in [0.1, 0.15) is 11.9 Å². The SMILES string of the molecule is N#Cc1ccc(NC(=O)C(C2CCCCC2)n2c(-c3ccc(Cl)cc3)nc3ccccc32)c(C(F)(F)F)c1. The Hall–Kier alpha value is -3.83. The first-order chi connectivity index (χ1) is 18.3. The number of halogens is 4. The van der Waals surface area contributed by atoms with Crippen LogP contribution in [0.3, 0.4) is 0 Å². The number of aromatic nitrogens is 2. The van der Waals surface area contributed by atoms with Gasteiger partial charge in [-0.25, -0.2) is 4.98 Å². The van der Waals surface area contributed by atoms with Gasteiger partial charge in [0.15, 0.2) is 0 Å². The van der Waals surface area contributed by atoms with E-state index in [2.05, 4.69) is 5.32 Å². The molecule has 1 unspecified atom stereocenters. The monoisotopic (exact) mass is 536 g/mol. The molecule has 1 amide bonds. The molecule has 194 valence electrons. The Morgan fingerprint density at radius 2 is 1.76 bits per heavy atom. The van der Waals surface area contributed by atoms with Crippen LogP contribution in [0.15, 0.2) is 66.7 Å². The third-order valence-electron chi connectivity index (χ3n) is 7.05. The number of amides is 1. The van der Waals surface area contributed by atoms with Gasteiger partial charge in [-0.2, -0.15) is 18.4 Å². The molecule has 5 rings (SSSR count). The summed E-state index contributed by atoms with van der Waals surface area (Å²) in [6.07, 6.45) is -0.294. The highest BCUT2D eigenvalue weighted by Crippen LogP contribution is 2.40. The number of anilines is 1. The molecule has 0 radical (unpaired) electrons. The Balaban J connectivity index is 1.65. The zero-order valence-electron chi connectivity index (χ0n) is 20.3. The van der Waals surface area contributed by atoms with E-state index in [4.69, 9.17) is 21.8 Å². The van der Waals surface area contributed by atoms with Gasteiger partial charge < -0.3 is 9.88 Å². The van der Waals surface area contributed by atoms with Gasteiger partial charge in [0.25, 0.3) is 0 Å². The average Bonchev–Trinajstić information content (AvgIpc) is 3.28. The molecule has 1 aliphatic carbocycles. The molecule has 4 aromatic rings. The van der Waals surface area contributed by atoms with E-state index in [0.29, 0.717) is 16.4 Å². The average molecular weight is 537 g/mol. The molecule has 9 heteroatoms. The number of carbonyl (C=O) groups is 1. The Morgan fingerprint density at radius 1 is 1.05 bits per heavy atom. The lowest BCUT2D eigenvalue weighted by Crippen LogP contribution is -2.34. The first-order valence-electron chi connectivity index (χ1n) is 12.4. The molecule has 0 spiro atoms. The highest BCUT2D eigenvalue weighted by molar-refractivity contribution is 6.30. The van der Waals surface area contributed by atoms with Crippen LogP contribution in [0.4, 0.5) is 18.9 Å². The second-order valence-corrected chi connectivity index (χ2v) is 9.94. The van der Waals surface area contributed by atoms with Gasteiger partial charge in [0.05, 0.1) is 33.9 Å². The number of nitrogens with one attached hydrogen (secondary N) is 1. The summed E-state index contributed by atoms with van der Waals surface area (Å²) < 4.78 is 43.5. The molecule has 38 heavy (non-hydrogen) atoms. The Kier molecular flexibility index (Phi) is 7.13. The lowest BCUT2D eigenvalue weighted by molar-refractivity contribution is -0.137. The van der Waals surface area contributed by atoms with Gasteiger partial charge in [0, 0.05) is 10.6 Å². The number of fused-ring (bicyclic) bond motifs is 1. The molecule has 0 saturated heterocycles. The van der Waals surface area contributed by atoms with Crippen LogP contribution in [0, 0.1) is 17.2 Å². The van der Waals surface area contributed by atoms with E-state index in [-0.39, 0.29) is 17.2 Å². The number of benzene rings is 3. The summed E-state index contributed by atoms with van der Waals surface area (Å²) in [6.45, 7) is 0. The molecule has 1 heterocycles. The number of hydrogen-bond acceptors (Lipinski definition) is 3. The van der Waals surface area contributed by atoms with Crippen LogP contribution < -0.4 is 5.32 Å². The van der Waals surface area contributed by atoms with Crippen LogP contribution in [0.2, 0.25) is 5.02 Å². The maximum Gasteiger partial charge on any atom is 0.418 e. The summed E-state index contributed by atoms with van der Waals surface area (Å²) in [6, 6.07) is 18.6. The molecule has 0 aliphatic heterocycles. The van der Waals surface area contributed by atoms with Gasteiger partial charge in [-0.3, -0.25) is 4.79 Å². The zero-order chi connectivity index (χ0) is 26.9. The van der Waals surface area contributed by atoms with Crippen LogP contribution in [-0.2, 0) is 11.0 Å².